The van der Waals surface area contributed by atoms with Crippen LogP contribution in [0, 0.1) is 0 Å². The highest BCUT2D eigenvalue weighted by Crippen LogP contribution is 2.35. The van der Waals surface area contributed by atoms with Crippen molar-refractivity contribution in [2.24, 2.45) is 0 Å². The topological polar surface area (TPSA) is 70.2 Å². The monoisotopic (exact) mass is 414 g/mol. The average molecular weight is 415 g/mol. The molecule has 0 spiro atoms. The van der Waals surface area contributed by atoms with E-state index in [4.69, 9.17) is 9.72 Å². The number of H-pyrrole nitrogens is 1. The van der Waals surface area contributed by atoms with Crippen molar-refractivity contribution in [3.63, 3.8) is 0 Å². The quantitative estimate of drug-likeness (QED) is 0.430. The van der Waals surface area contributed by atoms with Gasteiger partial charge < -0.3 is 14.6 Å². The third kappa shape index (κ3) is 5.67. The lowest BCUT2D eigenvalue weighted by molar-refractivity contribution is 0.160. The molecule has 30 heavy (non-hydrogen) atoms. The van der Waals surface area contributed by atoms with Gasteiger partial charge in [0.05, 0.1) is 29.0 Å². The van der Waals surface area contributed by atoms with E-state index in [1.54, 1.807) is 0 Å². The number of imidazole rings is 1. The largest absolute Gasteiger partial charge is 0.449 e. The molecule has 1 aliphatic rings. The number of amides is 1. The molecular formula is C24H38N4O2. The number of carbonyl (C=O) groups excluding carboxylic acids is 1. The SMILES string of the molecule is CCCCOC(=O)Nc1cc2[nH]c(C3CCCCC3)nc2cc1N(CCC)CCC. The summed E-state index contributed by atoms with van der Waals surface area (Å²) in [7, 11) is 0. The molecule has 1 saturated carbocycles. The predicted octanol–water partition coefficient (Wildman–Crippen LogP) is 6.59. The van der Waals surface area contributed by atoms with Crippen LogP contribution in [0.25, 0.3) is 11.0 Å². The first kappa shape index (κ1) is 22.4. The third-order valence-electron chi connectivity index (χ3n) is 5.91. The Morgan fingerprint density at radius 2 is 1.87 bits per heavy atom. The molecule has 0 unspecified atom stereocenters. The van der Waals surface area contributed by atoms with Gasteiger partial charge in [-0.1, -0.05) is 46.5 Å². The second-order valence-corrected chi connectivity index (χ2v) is 8.45. The van der Waals surface area contributed by atoms with Gasteiger partial charge in [-0.2, -0.15) is 0 Å². The molecule has 0 radical (unpaired) electrons. The van der Waals surface area contributed by atoms with Crippen molar-refractivity contribution < 1.29 is 9.53 Å². The summed E-state index contributed by atoms with van der Waals surface area (Å²) in [5.41, 5.74) is 3.79. The van der Waals surface area contributed by atoms with E-state index in [2.05, 4.69) is 42.0 Å². The number of nitrogens with zero attached hydrogens (tertiary/aromatic N) is 2. The minimum atomic E-state index is -0.385. The molecule has 6 heteroatoms. The number of ether oxygens (including phenoxy) is 1. The molecule has 2 aromatic rings. The Bertz CT molecular complexity index is 805. The summed E-state index contributed by atoms with van der Waals surface area (Å²) in [6.07, 6.45) is 9.90. The summed E-state index contributed by atoms with van der Waals surface area (Å²) in [6, 6.07) is 4.16. The number of anilines is 2. The molecule has 1 amide bonds. The Morgan fingerprint density at radius 3 is 2.53 bits per heavy atom. The standard InChI is InChI=1S/C24H38N4O2/c1-4-7-15-30-24(29)27-21-16-19-20(17-22(21)28(13-5-2)14-6-3)26-23(25-19)18-11-9-8-10-12-18/h16-18H,4-15H2,1-3H3,(H,25,26)(H,27,29). The fraction of sp³-hybridized carbons (Fsp3) is 0.667. The number of hydrogen-bond donors (Lipinski definition) is 2. The fourth-order valence-corrected chi connectivity index (χ4v) is 4.34. The number of aromatic amines is 1. The van der Waals surface area contributed by atoms with Gasteiger partial charge in [0.15, 0.2) is 0 Å². The summed E-state index contributed by atoms with van der Waals surface area (Å²) in [5.74, 6) is 1.61. The van der Waals surface area contributed by atoms with Gasteiger partial charge in [-0.15, -0.1) is 0 Å². The average Bonchev–Trinajstić information content (AvgIpc) is 3.17. The highest BCUT2D eigenvalue weighted by Gasteiger charge is 2.21. The molecule has 1 aliphatic carbocycles. The second kappa shape index (κ2) is 11.2. The number of aromatic nitrogens is 2. The molecule has 3 rings (SSSR count). The molecule has 1 fully saturated rings. The summed E-state index contributed by atoms with van der Waals surface area (Å²) >= 11 is 0. The van der Waals surface area contributed by atoms with Gasteiger partial charge in [0, 0.05) is 19.0 Å². The van der Waals surface area contributed by atoms with E-state index >= 15 is 0 Å². The van der Waals surface area contributed by atoms with Crippen LogP contribution in [-0.2, 0) is 4.74 Å². The van der Waals surface area contributed by atoms with Crippen LogP contribution in [0.15, 0.2) is 12.1 Å². The first-order valence-corrected chi connectivity index (χ1v) is 11.9. The number of hydrogen-bond acceptors (Lipinski definition) is 4. The normalized spacial score (nSPS) is 14.8. The van der Waals surface area contributed by atoms with Gasteiger partial charge in [-0.05, 0) is 44.2 Å². The van der Waals surface area contributed by atoms with Gasteiger partial charge in [-0.25, -0.2) is 9.78 Å². The highest BCUT2D eigenvalue weighted by molar-refractivity contribution is 5.95. The van der Waals surface area contributed by atoms with Gasteiger partial charge in [0.2, 0.25) is 0 Å². The first-order valence-electron chi connectivity index (χ1n) is 11.9. The highest BCUT2D eigenvalue weighted by atomic mass is 16.5. The lowest BCUT2D eigenvalue weighted by Gasteiger charge is -2.26. The van der Waals surface area contributed by atoms with Crippen molar-refractivity contribution in [1.29, 1.82) is 0 Å². The third-order valence-corrected chi connectivity index (χ3v) is 5.91. The van der Waals surface area contributed by atoms with Crippen LogP contribution in [0.2, 0.25) is 0 Å². The summed E-state index contributed by atoms with van der Waals surface area (Å²) < 4.78 is 5.36. The zero-order valence-electron chi connectivity index (χ0n) is 18.9. The zero-order valence-corrected chi connectivity index (χ0v) is 18.9. The van der Waals surface area contributed by atoms with Crippen LogP contribution in [0.3, 0.4) is 0 Å². The molecule has 0 aliphatic heterocycles. The van der Waals surface area contributed by atoms with E-state index in [1.807, 2.05) is 6.07 Å². The second-order valence-electron chi connectivity index (χ2n) is 8.45. The van der Waals surface area contributed by atoms with E-state index in [0.29, 0.717) is 12.5 Å². The molecule has 2 N–H and O–H groups in total. The zero-order chi connectivity index (χ0) is 21.3. The maximum Gasteiger partial charge on any atom is 0.411 e. The van der Waals surface area contributed by atoms with Crippen molar-refractivity contribution in [1.82, 2.24) is 9.97 Å². The van der Waals surface area contributed by atoms with E-state index in [0.717, 1.165) is 67.0 Å². The Labute approximate surface area is 180 Å². The Kier molecular flexibility index (Phi) is 8.40. The van der Waals surface area contributed by atoms with Crippen LogP contribution < -0.4 is 10.2 Å². The van der Waals surface area contributed by atoms with Gasteiger partial charge in [0.25, 0.3) is 0 Å². The number of fused-ring (bicyclic) bond motifs is 1. The van der Waals surface area contributed by atoms with E-state index in [-0.39, 0.29) is 6.09 Å². The number of unbranched alkanes of at least 4 members (excludes halogenated alkanes) is 1. The molecular weight excluding hydrogens is 376 g/mol. The minimum absolute atomic E-state index is 0.385. The van der Waals surface area contributed by atoms with Crippen LogP contribution in [0.5, 0.6) is 0 Å². The van der Waals surface area contributed by atoms with Crippen LogP contribution in [-0.4, -0.2) is 35.8 Å². The lowest BCUT2D eigenvalue weighted by atomic mass is 9.89. The molecule has 0 bridgehead atoms. The smallest absolute Gasteiger partial charge is 0.411 e. The Balaban J connectivity index is 1.92. The molecule has 6 nitrogen and oxygen atoms in total. The van der Waals surface area contributed by atoms with Crippen molar-refractivity contribution >= 4 is 28.5 Å². The van der Waals surface area contributed by atoms with E-state index in [1.165, 1.54) is 32.1 Å². The maximum atomic E-state index is 12.4. The van der Waals surface area contributed by atoms with Crippen molar-refractivity contribution in [2.75, 3.05) is 29.9 Å². The number of nitrogens with one attached hydrogen (secondary N) is 2. The molecule has 1 aromatic carbocycles. The molecule has 1 aromatic heterocycles. The molecule has 1 heterocycles. The van der Waals surface area contributed by atoms with E-state index in [9.17, 15) is 4.79 Å². The Hall–Kier alpha value is -2.24. The molecule has 0 atom stereocenters. The van der Waals surface area contributed by atoms with Crippen LogP contribution in [0.1, 0.15) is 90.3 Å². The molecule has 166 valence electrons. The fourth-order valence-electron chi connectivity index (χ4n) is 4.34. The van der Waals surface area contributed by atoms with Crippen molar-refractivity contribution in [2.45, 2.75) is 84.5 Å². The summed E-state index contributed by atoms with van der Waals surface area (Å²) in [6.45, 7) is 8.79. The summed E-state index contributed by atoms with van der Waals surface area (Å²) in [5, 5.41) is 3.00. The van der Waals surface area contributed by atoms with Gasteiger partial charge >= 0.3 is 6.09 Å². The predicted molar refractivity (Wildman–Crippen MR) is 125 cm³/mol. The van der Waals surface area contributed by atoms with Crippen molar-refractivity contribution in [3.05, 3.63) is 18.0 Å². The Morgan fingerprint density at radius 1 is 1.13 bits per heavy atom. The van der Waals surface area contributed by atoms with Crippen LogP contribution in [0.4, 0.5) is 16.2 Å². The van der Waals surface area contributed by atoms with E-state index < -0.39 is 0 Å². The summed E-state index contributed by atoms with van der Waals surface area (Å²) in [4.78, 5) is 23.2. The molecule has 0 saturated heterocycles. The number of carbonyl (C=O) groups is 1. The first-order chi connectivity index (χ1) is 14.7. The lowest BCUT2D eigenvalue weighted by Crippen LogP contribution is -2.26. The van der Waals surface area contributed by atoms with Gasteiger partial charge in [0.1, 0.15) is 5.82 Å². The number of benzene rings is 1. The minimum Gasteiger partial charge on any atom is -0.449 e. The number of rotatable bonds is 10. The van der Waals surface area contributed by atoms with Crippen LogP contribution >= 0.6 is 0 Å². The maximum absolute atomic E-state index is 12.4. The van der Waals surface area contributed by atoms with Gasteiger partial charge in [-0.3, -0.25) is 5.32 Å². The van der Waals surface area contributed by atoms with Crippen molar-refractivity contribution in [3.8, 4) is 0 Å².